The van der Waals surface area contributed by atoms with E-state index in [0.29, 0.717) is 12.0 Å². The number of rotatable bonds is 3. The zero-order chi connectivity index (χ0) is 12.3. The van der Waals surface area contributed by atoms with Crippen molar-refractivity contribution in [1.29, 1.82) is 0 Å². The number of halogens is 1. The minimum atomic E-state index is -0.688. The molecule has 1 aromatic carbocycles. The highest BCUT2D eigenvalue weighted by atomic mass is 79.9. The summed E-state index contributed by atoms with van der Waals surface area (Å²) in [5.74, 6) is -0.395. The van der Waals surface area contributed by atoms with Gasteiger partial charge in [-0.2, -0.15) is 0 Å². The van der Waals surface area contributed by atoms with Crippen LogP contribution in [-0.2, 0) is 4.79 Å². The molecule has 92 valence electrons. The molecule has 0 saturated carbocycles. The van der Waals surface area contributed by atoms with Crippen molar-refractivity contribution in [2.75, 3.05) is 6.54 Å². The highest BCUT2D eigenvalue weighted by molar-refractivity contribution is 9.10. The first-order valence-electron chi connectivity index (χ1n) is 5.86. The molecule has 3 nitrogen and oxygen atoms in total. The second-order valence-corrected chi connectivity index (χ2v) is 5.46. The van der Waals surface area contributed by atoms with Gasteiger partial charge in [-0.1, -0.05) is 28.1 Å². The van der Waals surface area contributed by atoms with Gasteiger partial charge in [0.15, 0.2) is 0 Å². The average Bonchev–Trinajstić information content (AvgIpc) is 2.29. The fourth-order valence-corrected chi connectivity index (χ4v) is 2.64. The highest BCUT2D eigenvalue weighted by Crippen LogP contribution is 2.29. The van der Waals surface area contributed by atoms with Crippen LogP contribution in [0, 0.1) is 5.92 Å². The number of benzene rings is 1. The molecule has 0 radical (unpaired) electrons. The van der Waals surface area contributed by atoms with Crippen molar-refractivity contribution in [2.45, 2.75) is 25.3 Å². The Kier molecular flexibility index (Phi) is 4.18. The summed E-state index contributed by atoms with van der Waals surface area (Å²) < 4.78 is 1.07. The molecule has 0 amide bonds. The number of carboxylic acids is 1. The number of piperidine rings is 1. The summed E-state index contributed by atoms with van der Waals surface area (Å²) in [5, 5.41) is 12.3. The SMILES string of the molecule is O=C(O)CC1CCNC(c2ccc(Br)cc2)C1. The molecule has 1 aliphatic heterocycles. The molecule has 2 rings (SSSR count). The zero-order valence-corrected chi connectivity index (χ0v) is 11.1. The summed E-state index contributed by atoms with van der Waals surface area (Å²) in [7, 11) is 0. The van der Waals surface area contributed by atoms with Crippen LogP contribution in [0.3, 0.4) is 0 Å². The monoisotopic (exact) mass is 297 g/mol. The Hall–Kier alpha value is -0.870. The third-order valence-corrected chi connectivity index (χ3v) is 3.78. The van der Waals surface area contributed by atoms with Crippen LogP contribution in [-0.4, -0.2) is 17.6 Å². The Morgan fingerprint density at radius 2 is 2.12 bits per heavy atom. The fraction of sp³-hybridized carbons (Fsp3) is 0.462. The van der Waals surface area contributed by atoms with E-state index >= 15 is 0 Å². The van der Waals surface area contributed by atoms with Gasteiger partial charge in [0.2, 0.25) is 0 Å². The van der Waals surface area contributed by atoms with Crippen molar-refractivity contribution in [3.05, 3.63) is 34.3 Å². The van der Waals surface area contributed by atoms with Crippen molar-refractivity contribution in [2.24, 2.45) is 5.92 Å². The number of aliphatic carboxylic acids is 1. The third kappa shape index (κ3) is 3.54. The summed E-state index contributed by atoms with van der Waals surface area (Å²) in [4.78, 5) is 10.7. The second-order valence-electron chi connectivity index (χ2n) is 4.55. The maximum atomic E-state index is 10.7. The van der Waals surface area contributed by atoms with E-state index in [1.807, 2.05) is 12.1 Å². The first-order chi connectivity index (χ1) is 8.15. The predicted octanol–water partition coefficient (Wildman–Crippen LogP) is 2.96. The van der Waals surface area contributed by atoms with Gasteiger partial charge < -0.3 is 10.4 Å². The van der Waals surface area contributed by atoms with Crippen LogP contribution >= 0.6 is 15.9 Å². The lowest BCUT2D eigenvalue weighted by Crippen LogP contribution is -2.32. The Balaban J connectivity index is 2.01. The van der Waals surface area contributed by atoms with Crippen molar-refractivity contribution < 1.29 is 9.90 Å². The molecule has 1 saturated heterocycles. The average molecular weight is 298 g/mol. The maximum absolute atomic E-state index is 10.7. The van der Waals surface area contributed by atoms with Crippen LogP contribution in [0.1, 0.15) is 30.9 Å². The molecule has 1 aromatic rings. The number of carboxylic acid groups (broad SMARTS) is 1. The molecular weight excluding hydrogens is 282 g/mol. The lowest BCUT2D eigenvalue weighted by molar-refractivity contribution is -0.138. The summed E-state index contributed by atoms with van der Waals surface area (Å²) in [6, 6.07) is 8.52. The van der Waals surface area contributed by atoms with E-state index in [1.165, 1.54) is 5.56 Å². The van der Waals surface area contributed by atoms with Gasteiger partial charge in [0, 0.05) is 16.9 Å². The summed E-state index contributed by atoms with van der Waals surface area (Å²) in [5.41, 5.74) is 1.24. The number of nitrogens with one attached hydrogen (secondary N) is 1. The van der Waals surface area contributed by atoms with Crippen LogP contribution < -0.4 is 5.32 Å². The van der Waals surface area contributed by atoms with Crippen molar-refractivity contribution in [1.82, 2.24) is 5.32 Å². The molecular formula is C13H16BrNO2. The van der Waals surface area contributed by atoms with Gasteiger partial charge in [0.1, 0.15) is 0 Å². The van der Waals surface area contributed by atoms with E-state index in [2.05, 4.69) is 33.4 Å². The van der Waals surface area contributed by atoms with E-state index in [9.17, 15) is 4.79 Å². The molecule has 0 aliphatic carbocycles. The third-order valence-electron chi connectivity index (χ3n) is 3.25. The van der Waals surface area contributed by atoms with E-state index in [1.54, 1.807) is 0 Å². The molecule has 2 unspecified atom stereocenters. The Morgan fingerprint density at radius 1 is 1.41 bits per heavy atom. The highest BCUT2D eigenvalue weighted by Gasteiger charge is 2.24. The molecule has 2 atom stereocenters. The molecule has 1 fully saturated rings. The standard InChI is InChI=1S/C13H16BrNO2/c14-11-3-1-10(2-4-11)12-7-9(5-6-15-12)8-13(16)17/h1-4,9,12,15H,5-8H2,(H,16,17). The first-order valence-corrected chi connectivity index (χ1v) is 6.65. The van der Waals surface area contributed by atoms with Gasteiger partial charge in [-0.25, -0.2) is 0 Å². The van der Waals surface area contributed by atoms with E-state index in [4.69, 9.17) is 5.11 Å². The second kappa shape index (κ2) is 5.65. The van der Waals surface area contributed by atoms with Gasteiger partial charge in [-0.15, -0.1) is 0 Å². The van der Waals surface area contributed by atoms with Crippen molar-refractivity contribution in [3.63, 3.8) is 0 Å². The van der Waals surface area contributed by atoms with E-state index < -0.39 is 5.97 Å². The molecule has 17 heavy (non-hydrogen) atoms. The van der Waals surface area contributed by atoms with E-state index in [-0.39, 0.29) is 6.42 Å². The largest absolute Gasteiger partial charge is 0.481 e. The van der Waals surface area contributed by atoms with Crippen LogP contribution in [0.2, 0.25) is 0 Å². The summed E-state index contributed by atoms with van der Waals surface area (Å²) in [6.45, 7) is 0.901. The fourth-order valence-electron chi connectivity index (χ4n) is 2.38. The van der Waals surface area contributed by atoms with Crippen LogP contribution in [0.25, 0.3) is 0 Å². The van der Waals surface area contributed by atoms with Crippen molar-refractivity contribution >= 4 is 21.9 Å². The summed E-state index contributed by atoms with van der Waals surface area (Å²) >= 11 is 3.42. The minimum Gasteiger partial charge on any atom is -0.481 e. The van der Waals surface area contributed by atoms with Gasteiger partial charge in [-0.05, 0) is 43.0 Å². The molecule has 0 spiro atoms. The molecule has 1 aliphatic rings. The molecule has 4 heteroatoms. The molecule has 1 heterocycles. The Morgan fingerprint density at radius 3 is 2.76 bits per heavy atom. The molecule has 2 N–H and O–H groups in total. The van der Waals surface area contributed by atoms with Gasteiger partial charge >= 0.3 is 5.97 Å². The number of hydrogen-bond donors (Lipinski definition) is 2. The van der Waals surface area contributed by atoms with Crippen LogP contribution in [0.15, 0.2) is 28.7 Å². The maximum Gasteiger partial charge on any atom is 0.303 e. The van der Waals surface area contributed by atoms with Gasteiger partial charge in [-0.3, -0.25) is 4.79 Å². The van der Waals surface area contributed by atoms with Gasteiger partial charge in [0.25, 0.3) is 0 Å². The predicted molar refractivity (Wildman–Crippen MR) is 69.9 cm³/mol. The Bertz CT molecular complexity index is 391. The molecule has 0 aromatic heterocycles. The lowest BCUT2D eigenvalue weighted by atomic mass is 9.87. The van der Waals surface area contributed by atoms with Crippen LogP contribution in [0.5, 0.6) is 0 Å². The van der Waals surface area contributed by atoms with E-state index in [0.717, 1.165) is 23.9 Å². The van der Waals surface area contributed by atoms with Crippen molar-refractivity contribution in [3.8, 4) is 0 Å². The normalized spacial score (nSPS) is 24.5. The van der Waals surface area contributed by atoms with Gasteiger partial charge in [0.05, 0.1) is 0 Å². The lowest BCUT2D eigenvalue weighted by Gasteiger charge is -2.30. The quantitative estimate of drug-likeness (QED) is 0.902. The zero-order valence-electron chi connectivity index (χ0n) is 9.53. The number of carbonyl (C=O) groups is 1. The first kappa shape index (κ1) is 12.6. The molecule has 0 bridgehead atoms. The summed E-state index contributed by atoms with van der Waals surface area (Å²) in [6.07, 6.45) is 2.15. The topological polar surface area (TPSA) is 49.3 Å². The smallest absolute Gasteiger partial charge is 0.303 e. The minimum absolute atomic E-state index is 0.286. The Labute approximate surface area is 109 Å². The number of hydrogen-bond acceptors (Lipinski definition) is 2. The van der Waals surface area contributed by atoms with Crippen LogP contribution in [0.4, 0.5) is 0 Å².